The Morgan fingerprint density at radius 2 is 1.12 bits per heavy atom. The summed E-state index contributed by atoms with van der Waals surface area (Å²) in [6.45, 7) is 13.4. The molecule has 0 unspecified atom stereocenters. The van der Waals surface area contributed by atoms with Crippen LogP contribution in [0.25, 0.3) is 0 Å². The Kier molecular flexibility index (Phi) is 3.37. The average molecular weight is 220 g/mol. The maximum Gasteiger partial charge on any atom is 0.119 e. The number of hydrogen-bond donors (Lipinski definition) is 0. The van der Waals surface area contributed by atoms with Crippen LogP contribution in [0.5, 0.6) is 5.75 Å². The largest absolute Gasteiger partial charge is 0.497 e. The van der Waals surface area contributed by atoms with Gasteiger partial charge in [-0.05, 0) is 34.1 Å². The van der Waals surface area contributed by atoms with E-state index in [2.05, 4.69) is 59.7 Å². The fourth-order valence-corrected chi connectivity index (χ4v) is 1.58. The van der Waals surface area contributed by atoms with Crippen molar-refractivity contribution in [1.82, 2.24) is 0 Å². The average Bonchev–Trinajstić information content (AvgIpc) is 2.14. The summed E-state index contributed by atoms with van der Waals surface area (Å²) in [6, 6.07) is 6.56. The van der Waals surface area contributed by atoms with Gasteiger partial charge < -0.3 is 4.74 Å². The molecular weight excluding hydrogens is 196 g/mol. The molecule has 16 heavy (non-hydrogen) atoms. The van der Waals surface area contributed by atoms with Crippen LogP contribution in [0.2, 0.25) is 0 Å². The van der Waals surface area contributed by atoms with E-state index < -0.39 is 0 Å². The molecule has 0 atom stereocenters. The number of ether oxygens (including phenoxy) is 1. The van der Waals surface area contributed by atoms with Crippen molar-refractivity contribution in [1.29, 1.82) is 0 Å². The van der Waals surface area contributed by atoms with Gasteiger partial charge in [-0.2, -0.15) is 0 Å². The van der Waals surface area contributed by atoms with Crippen molar-refractivity contribution in [3.63, 3.8) is 0 Å². The number of rotatable bonds is 1. The van der Waals surface area contributed by atoms with Gasteiger partial charge in [0, 0.05) is 0 Å². The lowest BCUT2D eigenvalue weighted by atomic mass is 9.80. The fourth-order valence-electron chi connectivity index (χ4n) is 1.58. The second-order valence-electron chi connectivity index (χ2n) is 6.45. The molecule has 0 aliphatic rings. The van der Waals surface area contributed by atoms with Gasteiger partial charge >= 0.3 is 0 Å². The quantitative estimate of drug-likeness (QED) is 0.686. The highest BCUT2D eigenvalue weighted by molar-refractivity contribution is 5.40. The van der Waals surface area contributed by atoms with Gasteiger partial charge in [0.2, 0.25) is 0 Å². The summed E-state index contributed by atoms with van der Waals surface area (Å²) in [5.74, 6) is 0.956. The Bertz CT molecular complexity index is 332. The molecule has 1 aromatic rings. The maximum atomic E-state index is 5.39. The zero-order valence-electron chi connectivity index (χ0n) is 11.6. The summed E-state index contributed by atoms with van der Waals surface area (Å²) in [4.78, 5) is 0. The van der Waals surface area contributed by atoms with Crippen molar-refractivity contribution in [2.45, 2.75) is 52.4 Å². The fraction of sp³-hybridized carbons (Fsp3) is 0.600. The second-order valence-corrected chi connectivity index (χ2v) is 6.45. The lowest BCUT2D eigenvalue weighted by Crippen LogP contribution is -2.16. The standard InChI is InChI=1S/C15H24O/c1-14(2,3)11-8-12(15(4,5)6)10-13(9-11)16-7/h8-10H,1-7H3. The van der Waals surface area contributed by atoms with E-state index in [4.69, 9.17) is 4.74 Å². The van der Waals surface area contributed by atoms with Gasteiger partial charge in [-0.1, -0.05) is 47.6 Å². The molecule has 0 saturated heterocycles. The van der Waals surface area contributed by atoms with Crippen LogP contribution in [0.3, 0.4) is 0 Å². The predicted octanol–water partition coefficient (Wildman–Crippen LogP) is 4.29. The molecule has 1 heteroatoms. The summed E-state index contributed by atoms with van der Waals surface area (Å²) in [5, 5.41) is 0. The zero-order chi connectivity index (χ0) is 12.6. The Morgan fingerprint density at radius 3 is 1.38 bits per heavy atom. The highest BCUT2D eigenvalue weighted by Gasteiger charge is 2.20. The minimum atomic E-state index is 0.161. The van der Waals surface area contributed by atoms with Crippen molar-refractivity contribution in [2.75, 3.05) is 7.11 Å². The first-order chi connectivity index (χ1) is 7.14. The van der Waals surface area contributed by atoms with E-state index in [-0.39, 0.29) is 10.8 Å². The van der Waals surface area contributed by atoms with Crippen LogP contribution in [0.15, 0.2) is 18.2 Å². The van der Waals surface area contributed by atoms with Crippen LogP contribution in [-0.2, 0) is 10.8 Å². The molecule has 0 aromatic heterocycles. The Labute approximate surface area is 99.8 Å². The molecule has 0 fully saturated rings. The van der Waals surface area contributed by atoms with E-state index >= 15 is 0 Å². The van der Waals surface area contributed by atoms with Crippen LogP contribution in [-0.4, -0.2) is 7.11 Å². The van der Waals surface area contributed by atoms with Crippen LogP contribution in [0, 0.1) is 0 Å². The first-order valence-electron chi connectivity index (χ1n) is 5.84. The summed E-state index contributed by atoms with van der Waals surface area (Å²) < 4.78 is 5.39. The number of methoxy groups -OCH3 is 1. The molecular formula is C15H24O. The summed E-state index contributed by atoms with van der Waals surface area (Å²) in [7, 11) is 1.73. The molecule has 0 amide bonds. The van der Waals surface area contributed by atoms with Crippen molar-refractivity contribution < 1.29 is 4.74 Å². The molecule has 1 nitrogen and oxygen atoms in total. The molecule has 0 N–H and O–H groups in total. The van der Waals surface area contributed by atoms with Crippen molar-refractivity contribution in [3.8, 4) is 5.75 Å². The molecule has 90 valence electrons. The minimum absolute atomic E-state index is 0.161. The maximum absolute atomic E-state index is 5.39. The van der Waals surface area contributed by atoms with Gasteiger partial charge in [0.05, 0.1) is 7.11 Å². The SMILES string of the molecule is COc1cc(C(C)(C)C)cc(C(C)(C)C)c1. The van der Waals surface area contributed by atoms with E-state index in [0.29, 0.717) is 0 Å². The van der Waals surface area contributed by atoms with E-state index in [0.717, 1.165) is 5.75 Å². The van der Waals surface area contributed by atoms with E-state index in [1.54, 1.807) is 7.11 Å². The van der Waals surface area contributed by atoms with Crippen LogP contribution < -0.4 is 4.74 Å². The first kappa shape index (κ1) is 13.1. The Hall–Kier alpha value is -0.980. The van der Waals surface area contributed by atoms with Crippen molar-refractivity contribution in [2.24, 2.45) is 0 Å². The lowest BCUT2D eigenvalue weighted by molar-refractivity contribution is 0.410. The van der Waals surface area contributed by atoms with Crippen LogP contribution in [0.4, 0.5) is 0 Å². The summed E-state index contributed by atoms with van der Waals surface area (Å²) in [5.41, 5.74) is 2.98. The molecule has 1 rings (SSSR count). The van der Waals surface area contributed by atoms with Gasteiger partial charge in [-0.25, -0.2) is 0 Å². The Morgan fingerprint density at radius 1 is 0.750 bits per heavy atom. The lowest BCUT2D eigenvalue weighted by Gasteiger charge is -2.25. The molecule has 0 radical (unpaired) electrons. The number of hydrogen-bond acceptors (Lipinski definition) is 1. The molecule has 1 aromatic carbocycles. The van der Waals surface area contributed by atoms with Crippen LogP contribution in [0.1, 0.15) is 52.7 Å². The summed E-state index contributed by atoms with van der Waals surface area (Å²) >= 11 is 0. The molecule has 0 bridgehead atoms. The third-order valence-electron chi connectivity index (χ3n) is 2.87. The van der Waals surface area contributed by atoms with E-state index in [1.165, 1.54) is 11.1 Å². The smallest absolute Gasteiger partial charge is 0.119 e. The van der Waals surface area contributed by atoms with E-state index in [9.17, 15) is 0 Å². The summed E-state index contributed by atoms with van der Waals surface area (Å²) in [6.07, 6.45) is 0. The molecule has 0 aliphatic carbocycles. The highest BCUT2D eigenvalue weighted by Crippen LogP contribution is 2.32. The van der Waals surface area contributed by atoms with Gasteiger partial charge in [-0.15, -0.1) is 0 Å². The van der Waals surface area contributed by atoms with Gasteiger partial charge in [-0.3, -0.25) is 0 Å². The predicted molar refractivity (Wildman–Crippen MR) is 70.4 cm³/mol. The molecule has 0 heterocycles. The van der Waals surface area contributed by atoms with Crippen molar-refractivity contribution in [3.05, 3.63) is 29.3 Å². The monoisotopic (exact) mass is 220 g/mol. The number of benzene rings is 1. The molecule has 0 saturated carbocycles. The van der Waals surface area contributed by atoms with E-state index in [1.807, 2.05) is 0 Å². The Balaban J connectivity index is 3.33. The second kappa shape index (κ2) is 4.12. The minimum Gasteiger partial charge on any atom is -0.497 e. The third-order valence-corrected chi connectivity index (χ3v) is 2.87. The normalized spacial score (nSPS) is 12.7. The van der Waals surface area contributed by atoms with Gasteiger partial charge in [0.1, 0.15) is 5.75 Å². The third kappa shape index (κ3) is 3.01. The highest BCUT2D eigenvalue weighted by atomic mass is 16.5. The first-order valence-corrected chi connectivity index (χ1v) is 5.84. The molecule has 0 aliphatic heterocycles. The molecule has 0 spiro atoms. The van der Waals surface area contributed by atoms with Gasteiger partial charge in [0.15, 0.2) is 0 Å². The van der Waals surface area contributed by atoms with Crippen LogP contribution >= 0.6 is 0 Å². The van der Waals surface area contributed by atoms with Gasteiger partial charge in [0.25, 0.3) is 0 Å². The van der Waals surface area contributed by atoms with Crippen molar-refractivity contribution >= 4 is 0 Å². The zero-order valence-corrected chi connectivity index (χ0v) is 11.6. The topological polar surface area (TPSA) is 9.23 Å².